The summed E-state index contributed by atoms with van der Waals surface area (Å²) in [7, 11) is 0. The van der Waals surface area contributed by atoms with Crippen LogP contribution in [0.3, 0.4) is 0 Å². The lowest BCUT2D eigenvalue weighted by molar-refractivity contribution is -0.137. The molecule has 170 valence electrons. The maximum atomic E-state index is 12.9. The third kappa shape index (κ3) is 4.79. The molecule has 0 fully saturated rings. The minimum atomic E-state index is -4.48. The molecule has 0 spiro atoms. The van der Waals surface area contributed by atoms with Crippen LogP contribution in [0.5, 0.6) is 0 Å². The summed E-state index contributed by atoms with van der Waals surface area (Å²) in [6.07, 6.45) is 1.18. The van der Waals surface area contributed by atoms with Gasteiger partial charge < -0.3 is 5.32 Å². The lowest BCUT2D eigenvalue weighted by Gasteiger charge is -2.13. The largest absolute Gasteiger partial charge is 0.417 e. The van der Waals surface area contributed by atoms with E-state index >= 15 is 0 Å². The zero-order chi connectivity index (χ0) is 23.6. The highest BCUT2D eigenvalue weighted by atomic mass is 19.4. The molecule has 1 aromatic carbocycles. The van der Waals surface area contributed by atoms with E-state index < -0.39 is 11.7 Å². The number of para-hydroxylation sites is 1. The highest BCUT2D eigenvalue weighted by molar-refractivity contribution is 5.95. The van der Waals surface area contributed by atoms with E-state index in [1.54, 1.807) is 10.9 Å². The second-order valence-corrected chi connectivity index (χ2v) is 7.72. The molecule has 0 unspecified atom stereocenters. The second kappa shape index (κ2) is 8.89. The van der Waals surface area contributed by atoms with Crippen molar-refractivity contribution in [1.29, 1.82) is 0 Å². The highest BCUT2D eigenvalue weighted by Gasteiger charge is 2.31. The zero-order valence-electron chi connectivity index (χ0n) is 17.9. The van der Waals surface area contributed by atoms with Gasteiger partial charge in [0.25, 0.3) is 5.91 Å². The van der Waals surface area contributed by atoms with Crippen LogP contribution in [0, 0.1) is 0 Å². The number of aromatic nitrogens is 5. The predicted octanol–water partition coefficient (Wildman–Crippen LogP) is 4.53. The predicted molar refractivity (Wildman–Crippen MR) is 115 cm³/mol. The molecule has 0 aliphatic heterocycles. The standard InChI is InChI=1S/C23H21F3N6O/c1-15(2)21-19(13-30-32(21)20-9-8-17(12-27-20)23(24,25)26)22(33)28-10-16-11-29-31(14-16)18-6-4-3-5-7-18/h3-9,11-15H,10H2,1-2H3,(H,28,33). The molecule has 1 amide bonds. The van der Waals surface area contributed by atoms with Gasteiger partial charge in [-0.2, -0.15) is 23.4 Å². The molecular weight excluding hydrogens is 433 g/mol. The Labute approximate surface area is 187 Å². The Hall–Kier alpha value is -3.95. The monoisotopic (exact) mass is 454 g/mol. The fourth-order valence-electron chi connectivity index (χ4n) is 3.40. The number of carbonyl (C=O) groups excluding carboxylic acids is 1. The summed E-state index contributed by atoms with van der Waals surface area (Å²) in [5, 5.41) is 11.4. The van der Waals surface area contributed by atoms with Crippen LogP contribution < -0.4 is 5.32 Å². The Morgan fingerprint density at radius 1 is 1.03 bits per heavy atom. The van der Waals surface area contributed by atoms with Crippen LogP contribution >= 0.6 is 0 Å². The van der Waals surface area contributed by atoms with Crippen molar-refractivity contribution in [3.8, 4) is 11.5 Å². The molecule has 10 heteroatoms. The lowest BCUT2D eigenvalue weighted by atomic mass is 10.1. The number of benzene rings is 1. The van der Waals surface area contributed by atoms with Crippen molar-refractivity contribution in [3.05, 3.63) is 89.6 Å². The number of nitrogens with zero attached hydrogens (tertiary/aromatic N) is 5. The van der Waals surface area contributed by atoms with Crippen molar-refractivity contribution in [1.82, 2.24) is 29.9 Å². The summed E-state index contributed by atoms with van der Waals surface area (Å²) < 4.78 is 41.6. The Morgan fingerprint density at radius 3 is 2.42 bits per heavy atom. The molecule has 0 bridgehead atoms. The number of halogens is 3. The smallest absolute Gasteiger partial charge is 0.348 e. The maximum absolute atomic E-state index is 12.9. The average Bonchev–Trinajstić information content (AvgIpc) is 3.45. The minimum absolute atomic E-state index is 0.127. The van der Waals surface area contributed by atoms with Crippen LogP contribution in [-0.2, 0) is 12.7 Å². The SMILES string of the molecule is CC(C)c1c(C(=O)NCc2cnn(-c3ccccc3)c2)cnn1-c1ccc(C(F)(F)F)cn1. The first-order valence-corrected chi connectivity index (χ1v) is 10.2. The van der Waals surface area contributed by atoms with E-state index in [2.05, 4.69) is 20.5 Å². The number of pyridine rings is 1. The Balaban J connectivity index is 1.52. The van der Waals surface area contributed by atoms with Crippen LogP contribution in [0.25, 0.3) is 11.5 Å². The van der Waals surface area contributed by atoms with Gasteiger partial charge in [-0.1, -0.05) is 32.0 Å². The summed E-state index contributed by atoms with van der Waals surface area (Å²) >= 11 is 0. The molecule has 3 aromatic heterocycles. The minimum Gasteiger partial charge on any atom is -0.348 e. The summed E-state index contributed by atoms with van der Waals surface area (Å²) in [4.78, 5) is 16.8. The van der Waals surface area contributed by atoms with Crippen LogP contribution in [0.1, 0.15) is 46.9 Å². The van der Waals surface area contributed by atoms with Crippen molar-refractivity contribution >= 4 is 5.91 Å². The molecule has 33 heavy (non-hydrogen) atoms. The van der Waals surface area contributed by atoms with E-state index in [0.29, 0.717) is 11.3 Å². The number of amides is 1. The number of carbonyl (C=O) groups is 1. The lowest BCUT2D eigenvalue weighted by Crippen LogP contribution is -2.24. The second-order valence-electron chi connectivity index (χ2n) is 7.72. The summed E-state index contributed by atoms with van der Waals surface area (Å²) in [5.74, 6) is -0.266. The van der Waals surface area contributed by atoms with E-state index in [1.807, 2.05) is 50.4 Å². The van der Waals surface area contributed by atoms with E-state index in [-0.39, 0.29) is 24.2 Å². The van der Waals surface area contributed by atoms with E-state index in [0.717, 1.165) is 23.5 Å². The Kier molecular flexibility index (Phi) is 5.99. The van der Waals surface area contributed by atoms with Crippen molar-refractivity contribution in [2.24, 2.45) is 0 Å². The van der Waals surface area contributed by atoms with Gasteiger partial charge in [0.1, 0.15) is 0 Å². The zero-order valence-corrected chi connectivity index (χ0v) is 17.9. The number of hydrogen-bond acceptors (Lipinski definition) is 4. The molecule has 1 N–H and O–H groups in total. The maximum Gasteiger partial charge on any atom is 0.417 e. The third-order valence-corrected chi connectivity index (χ3v) is 5.00. The highest BCUT2D eigenvalue weighted by Crippen LogP contribution is 2.29. The molecule has 7 nitrogen and oxygen atoms in total. The number of alkyl halides is 3. The van der Waals surface area contributed by atoms with E-state index in [9.17, 15) is 18.0 Å². The van der Waals surface area contributed by atoms with E-state index in [4.69, 9.17) is 0 Å². The third-order valence-electron chi connectivity index (χ3n) is 5.00. The molecule has 0 atom stereocenters. The van der Waals surface area contributed by atoms with Gasteiger partial charge >= 0.3 is 6.18 Å². The molecule has 4 rings (SSSR count). The van der Waals surface area contributed by atoms with Gasteiger partial charge in [0.15, 0.2) is 5.82 Å². The van der Waals surface area contributed by atoms with Gasteiger partial charge in [-0.05, 0) is 30.2 Å². The summed E-state index contributed by atoms with van der Waals surface area (Å²) in [6.45, 7) is 4.00. The Morgan fingerprint density at radius 2 is 1.79 bits per heavy atom. The first kappa shape index (κ1) is 22.3. The normalized spacial score (nSPS) is 11.7. The molecule has 3 heterocycles. The molecule has 0 saturated heterocycles. The molecule has 0 aliphatic rings. The van der Waals surface area contributed by atoms with Crippen molar-refractivity contribution in [2.75, 3.05) is 0 Å². The summed E-state index contributed by atoms with van der Waals surface area (Å²) in [6, 6.07) is 11.8. The number of nitrogens with one attached hydrogen (secondary N) is 1. The van der Waals surface area contributed by atoms with Gasteiger partial charge in [-0.15, -0.1) is 0 Å². The number of rotatable bonds is 6. The topological polar surface area (TPSA) is 77.6 Å². The van der Waals surface area contributed by atoms with Crippen molar-refractivity contribution in [3.63, 3.8) is 0 Å². The summed E-state index contributed by atoms with van der Waals surface area (Å²) in [5.41, 5.74) is 1.76. The van der Waals surface area contributed by atoms with Gasteiger partial charge in [-0.25, -0.2) is 14.3 Å². The molecule has 4 aromatic rings. The molecule has 0 aliphatic carbocycles. The van der Waals surface area contributed by atoms with Gasteiger partial charge in [0.2, 0.25) is 0 Å². The quantitative estimate of drug-likeness (QED) is 0.465. The van der Waals surface area contributed by atoms with Crippen LogP contribution in [0.4, 0.5) is 13.2 Å². The Bertz CT molecular complexity index is 1240. The molecule has 0 saturated carbocycles. The van der Waals surface area contributed by atoms with Crippen LogP contribution in [0.15, 0.2) is 67.3 Å². The van der Waals surface area contributed by atoms with Gasteiger partial charge in [0.05, 0.1) is 34.9 Å². The van der Waals surface area contributed by atoms with Crippen molar-refractivity contribution in [2.45, 2.75) is 32.5 Å². The van der Waals surface area contributed by atoms with Gasteiger partial charge in [0, 0.05) is 24.5 Å². The van der Waals surface area contributed by atoms with Gasteiger partial charge in [-0.3, -0.25) is 4.79 Å². The molecular formula is C23H21F3N6O. The van der Waals surface area contributed by atoms with Crippen LogP contribution in [-0.4, -0.2) is 30.5 Å². The molecule has 0 radical (unpaired) electrons. The number of hydrogen-bond donors (Lipinski definition) is 1. The fraction of sp³-hybridized carbons (Fsp3) is 0.217. The first-order chi connectivity index (χ1) is 15.7. The van der Waals surface area contributed by atoms with Crippen LogP contribution in [0.2, 0.25) is 0 Å². The average molecular weight is 454 g/mol. The fourth-order valence-corrected chi connectivity index (χ4v) is 3.40. The van der Waals surface area contributed by atoms with E-state index in [1.165, 1.54) is 16.9 Å². The first-order valence-electron chi connectivity index (χ1n) is 10.2. The van der Waals surface area contributed by atoms with Crippen molar-refractivity contribution < 1.29 is 18.0 Å².